The molecule has 0 saturated carbocycles. The Balaban J connectivity index is 2.64. The normalized spacial score (nSPS) is 10.0. The number of benzene rings is 1. The van der Waals surface area contributed by atoms with Crippen LogP contribution in [0.4, 0.5) is 4.79 Å². The van der Waals surface area contributed by atoms with Crippen molar-refractivity contribution in [1.82, 2.24) is 5.32 Å². The smallest absolute Gasteiger partial charge is 0.407 e. The van der Waals surface area contributed by atoms with Crippen LogP contribution in [0.25, 0.3) is 0 Å². The number of hydrogen-bond acceptors (Lipinski definition) is 3. The Labute approximate surface area is 112 Å². The number of carbonyl (C=O) groups excluding carboxylic acids is 1. The van der Waals surface area contributed by atoms with Gasteiger partial charge in [-0.15, -0.1) is 0 Å². The number of carbonyl (C=O) groups is 1. The third-order valence-electron chi connectivity index (χ3n) is 2.46. The first kappa shape index (κ1) is 14.6. The number of methoxy groups -OCH3 is 1. The van der Waals surface area contributed by atoms with Gasteiger partial charge < -0.3 is 14.8 Å². The Morgan fingerprint density at radius 1 is 1.44 bits per heavy atom. The first-order valence-corrected chi connectivity index (χ1v) is 6.20. The zero-order chi connectivity index (χ0) is 13.5. The molecule has 0 bridgehead atoms. The van der Waals surface area contributed by atoms with E-state index >= 15 is 0 Å². The third-order valence-corrected chi connectivity index (χ3v) is 2.68. The number of nitrogens with one attached hydrogen (secondary N) is 1. The van der Waals surface area contributed by atoms with E-state index in [0.717, 1.165) is 16.9 Å². The number of rotatable bonds is 5. The van der Waals surface area contributed by atoms with Crippen molar-refractivity contribution in [3.63, 3.8) is 0 Å². The van der Waals surface area contributed by atoms with E-state index in [1.807, 2.05) is 19.1 Å². The monoisotopic (exact) mass is 271 g/mol. The Bertz CT molecular complexity index is 421. The highest BCUT2D eigenvalue weighted by molar-refractivity contribution is 6.30. The van der Waals surface area contributed by atoms with E-state index in [4.69, 9.17) is 21.1 Å². The Morgan fingerprint density at radius 3 is 2.78 bits per heavy atom. The summed E-state index contributed by atoms with van der Waals surface area (Å²) in [5.41, 5.74) is 1.95. The maximum atomic E-state index is 11.1. The van der Waals surface area contributed by atoms with Crippen LogP contribution in [0.1, 0.15) is 18.1 Å². The molecule has 0 radical (unpaired) electrons. The van der Waals surface area contributed by atoms with Crippen molar-refractivity contribution < 1.29 is 14.3 Å². The van der Waals surface area contributed by atoms with Gasteiger partial charge in [0.25, 0.3) is 0 Å². The Kier molecular flexibility index (Phi) is 5.78. The van der Waals surface area contributed by atoms with Gasteiger partial charge in [-0.3, -0.25) is 0 Å². The maximum absolute atomic E-state index is 11.1. The quantitative estimate of drug-likeness (QED) is 0.896. The van der Waals surface area contributed by atoms with E-state index in [-0.39, 0.29) is 0 Å². The van der Waals surface area contributed by atoms with Gasteiger partial charge in [0, 0.05) is 11.6 Å². The minimum Gasteiger partial charge on any atom is -0.496 e. The van der Waals surface area contributed by atoms with Gasteiger partial charge in [-0.1, -0.05) is 11.6 Å². The minimum atomic E-state index is -0.407. The van der Waals surface area contributed by atoms with Gasteiger partial charge in [0.2, 0.25) is 0 Å². The van der Waals surface area contributed by atoms with Crippen LogP contribution < -0.4 is 10.1 Å². The van der Waals surface area contributed by atoms with E-state index in [9.17, 15) is 4.79 Å². The highest BCUT2D eigenvalue weighted by Gasteiger charge is 2.09. The average molecular weight is 272 g/mol. The van der Waals surface area contributed by atoms with Crippen LogP contribution in [0.5, 0.6) is 5.75 Å². The highest BCUT2D eigenvalue weighted by Crippen LogP contribution is 2.27. The Morgan fingerprint density at radius 2 is 2.17 bits per heavy atom. The second-order valence-electron chi connectivity index (χ2n) is 3.81. The first-order chi connectivity index (χ1) is 8.58. The molecule has 0 aromatic heterocycles. The van der Waals surface area contributed by atoms with Crippen molar-refractivity contribution in [2.24, 2.45) is 0 Å². The second kappa shape index (κ2) is 7.11. The van der Waals surface area contributed by atoms with Crippen LogP contribution in [0.15, 0.2) is 12.1 Å². The molecule has 0 aliphatic carbocycles. The first-order valence-electron chi connectivity index (χ1n) is 5.82. The summed E-state index contributed by atoms with van der Waals surface area (Å²) in [6.07, 6.45) is 0.235. The molecule has 0 aliphatic heterocycles. The van der Waals surface area contributed by atoms with Crippen LogP contribution in [0.2, 0.25) is 5.02 Å². The van der Waals surface area contributed by atoms with Gasteiger partial charge in [-0.2, -0.15) is 0 Å². The van der Waals surface area contributed by atoms with Crippen molar-refractivity contribution in [3.8, 4) is 5.75 Å². The molecular formula is C13H18ClNO3. The molecule has 0 unspecified atom stereocenters. The summed E-state index contributed by atoms with van der Waals surface area (Å²) in [6, 6.07) is 3.70. The van der Waals surface area contributed by atoms with Crippen LogP contribution in [-0.4, -0.2) is 26.4 Å². The van der Waals surface area contributed by atoms with Crippen molar-refractivity contribution in [3.05, 3.63) is 28.3 Å². The highest BCUT2D eigenvalue weighted by atomic mass is 35.5. The summed E-state index contributed by atoms with van der Waals surface area (Å²) in [6.45, 7) is 4.55. The molecule has 0 aliphatic rings. The summed E-state index contributed by atoms with van der Waals surface area (Å²) in [4.78, 5) is 11.1. The summed E-state index contributed by atoms with van der Waals surface area (Å²) >= 11 is 6.00. The molecule has 1 amide bonds. The topological polar surface area (TPSA) is 47.6 Å². The lowest BCUT2D eigenvalue weighted by atomic mass is 10.1. The molecule has 0 spiro atoms. The summed E-state index contributed by atoms with van der Waals surface area (Å²) < 4.78 is 10.1. The molecule has 0 heterocycles. The van der Waals surface area contributed by atoms with Gasteiger partial charge in [0.05, 0.1) is 13.7 Å². The van der Waals surface area contributed by atoms with E-state index in [1.165, 1.54) is 0 Å². The number of alkyl carbamates (subject to hydrolysis) is 1. The van der Waals surface area contributed by atoms with E-state index < -0.39 is 6.09 Å². The fourth-order valence-electron chi connectivity index (χ4n) is 1.76. The van der Waals surface area contributed by atoms with Gasteiger partial charge >= 0.3 is 6.09 Å². The zero-order valence-corrected chi connectivity index (χ0v) is 11.6. The lowest BCUT2D eigenvalue weighted by Gasteiger charge is -2.12. The lowest BCUT2D eigenvalue weighted by molar-refractivity contribution is 0.152. The van der Waals surface area contributed by atoms with Gasteiger partial charge in [0.1, 0.15) is 5.75 Å². The Hall–Kier alpha value is -1.42. The van der Waals surface area contributed by atoms with Crippen LogP contribution in [0.3, 0.4) is 0 Å². The van der Waals surface area contributed by atoms with Gasteiger partial charge in [0.15, 0.2) is 0 Å². The van der Waals surface area contributed by atoms with Crippen LogP contribution in [0, 0.1) is 6.92 Å². The molecule has 1 aromatic carbocycles. The number of ether oxygens (including phenoxy) is 2. The fraction of sp³-hybridized carbons (Fsp3) is 0.462. The van der Waals surface area contributed by atoms with Crippen LogP contribution >= 0.6 is 11.6 Å². The average Bonchev–Trinajstić information content (AvgIpc) is 2.28. The van der Waals surface area contributed by atoms with Gasteiger partial charge in [-0.25, -0.2) is 4.79 Å². The molecule has 100 valence electrons. The lowest BCUT2D eigenvalue weighted by Crippen LogP contribution is -2.26. The minimum absolute atomic E-state index is 0.366. The maximum Gasteiger partial charge on any atom is 0.407 e. The second-order valence-corrected chi connectivity index (χ2v) is 4.25. The molecule has 1 N–H and O–H groups in total. The molecule has 0 saturated heterocycles. The summed E-state index contributed by atoms with van der Waals surface area (Å²) in [5, 5.41) is 3.33. The fourth-order valence-corrected chi connectivity index (χ4v) is 2.05. The molecule has 1 rings (SSSR count). The van der Waals surface area contributed by atoms with Crippen molar-refractivity contribution in [1.29, 1.82) is 0 Å². The third kappa shape index (κ3) is 4.11. The predicted molar refractivity (Wildman–Crippen MR) is 71.5 cm³/mol. The largest absolute Gasteiger partial charge is 0.496 e. The molecule has 0 fully saturated rings. The molecule has 4 nitrogen and oxygen atoms in total. The zero-order valence-electron chi connectivity index (χ0n) is 10.9. The predicted octanol–water partition coefficient (Wildman–Crippen LogP) is 2.95. The SMILES string of the molecule is CCOC(=O)NCCc1cc(Cl)cc(C)c1OC. The standard InChI is InChI=1S/C13H18ClNO3/c1-4-18-13(16)15-6-5-10-8-11(14)7-9(2)12(10)17-3/h7-8H,4-6H2,1-3H3,(H,15,16). The number of aryl methyl sites for hydroxylation is 1. The summed E-state index contributed by atoms with van der Waals surface area (Å²) in [7, 11) is 1.62. The van der Waals surface area contributed by atoms with Gasteiger partial charge in [-0.05, 0) is 43.5 Å². The van der Waals surface area contributed by atoms with E-state index in [1.54, 1.807) is 14.0 Å². The molecule has 0 atom stereocenters. The molecule has 5 heteroatoms. The van der Waals surface area contributed by atoms with Crippen molar-refractivity contribution >= 4 is 17.7 Å². The number of amides is 1. The van der Waals surface area contributed by atoms with E-state index in [2.05, 4.69) is 5.32 Å². The van der Waals surface area contributed by atoms with Crippen molar-refractivity contribution in [2.75, 3.05) is 20.3 Å². The number of halogens is 1. The number of hydrogen-bond donors (Lipinski definition) is 1. The van der Waals surface area contributed by atoms with E-state index in [0.29, 0.717) is 24.6 Å². The molecule has 1 aromatic rings. The summed E-state index contributed by atoms with van der Waals surface area (Å²) in [5.74, 6) is 0.810. The van der Waals surface area contributed by atoms with Crippen LogP contribution in [-0.2, 0) is 11.2 Å². The van der Waals surface area contributed by atoms with Crippen molar-refractivity contribution in [2.45, 2.75) is 20.3 Å². The molecular weight excluding hydrogens is 254 g/mol. The molecule has 18 heavy (non-hydrogen) atoms.